The van der Waals surface area contributed by atoms with Gasteiger partial charge in [0.05, 0.1) is 11.6 Å². The Hall–Kier alpha value is -3.03. The Morgan fingerprint density at radius 2 is 2.12 bits per heavy atom. The van der Waals surface area contributed by atoms with Gasteiger partial charge in [-0.25, -0.2) is 9.97 Å². The third-order valence-electron chi connectivity index (χ3n) is 3.76. The molecule has 2 N–H and O–H groups in total. The maximum atomic E-state index is 12.2. The van der Waals surface area contributed by atoms with Crippen LogP contribution in [0.5, 0.6) is 0 Å². The average Bonchev–Trinajstić information content (AvgIpc) is 3.00. The summed E-state index contributed by atoms with van der Waals surface area (Å²) in [5, 5.41) is 11.1. The van der Waals surface area contributed by atoms with Gasteiger partial charge in [0.2, 0.25) is 0 Å². The van der Waals surface area contributed by atoms with Gasteiger partial charge in [0.15, 0.2) is 5.65 Å². The number of anilines is 1. The molecule has 3 aromatic rings. The third kappa shape index (κ3) is 3.17. The van der Waals surface area contributed by atoms with E-state index in [9.17, 15) is 4.79 Å². The summed E-state index contributed by atoms with van der Waals surface area (Å²) in [5.41, 5.74) is 2.38. The van der Waals surface area contributed by atoms with Crippen molar-refractivity contribution in [1.82, 2.24) is 30.0 Å². The van der Waals surface area contributed by atoms with Crippen LogP contribution in [0.3, 0.4) is 0 Å². The van der Waals surface area contributed by atoms with Crippen LogP contribution in [0.4, 0.5) is 5.82 Å². The van der Waals surface area contributed by atoms with Crippen molar-refractivity contribution in [3.8, 4) is 0 Å². The van der Waals surface area contributed by atoms with E-state index in [2.05, 4.69) is 30.7 Å². The first kappa shape index (κ1) is 15.9. The first-order valence-electron chi connectivity index (χ1n) is 7.78. The summed E-state index contributed by atoms with van der Waals surface area (Å²) >= 11 is 0. The van der Waals surface area contributed by atoms with Gasteiger partial charge in [-0.3, -0.25) is 14.5 Å². The van der Waals surface area contributed by atoms with Gasteiger partial charge in [-0.2, -0.15) is 5.10 Å². The Morgan fingerprint density at radius 1 is 1.25 bits per heavy atom. The molecule has 0 saturated carbocycles. The molecule has 1 amide bonds. The van der Waals surface area contributed by atoms with Gasteiger partial charge < -0.3 is 10.6 Å². The van der Waals surface area contributed by atoms with Crippen molar-refractivity contribution in [2.75, 3.05) is 18.4 Å². The first-order valence-corrected chi connectivity index (χ1v) is 7.78. The summed E-state index contributed by atoms with van der Waals surface area (Å²) in [4.78, 5) is 24.7. The standard InChI is InChI=1S/C16H19N7O/c1-3-11-8-17-5-4-12(11)16(24)19-7-6-18-14-13-9-22-23(2)15(13)21-10-20-14/h4-5,8-10H,3,6-7H2,1-2H3,(H,19,24)(H,18,20,21). The SMILES string of the molecule is CCc1cnccc1C(=O)NCCNc1ncnc2c1cnn2C. The molecular weight excluding hydrogens is 306 g/mol. The van der Waals surface area contributed by atoms with E-state index in [1.165, 1.54) is 6.33 Å². The molecule has 0 aliphatic rings. The van der Waals surface area contributed by atoms with Crippen molar-refractivity contribution in [3.63, 3.8) is 0 Å². The Labute approximate surface area is 139 Å². The second kappa shape index (κ2) is 7.03. The normalized spacial score (nSPS) is 10.8. The lowest BCUT2D eigenvalue weighted by Crippen LogP contribution is -2.29. The number of amides is 1. The van der Waals surface area contributed by atoms with Crippen molar-refractivity contribution in [2.24, 2.45) is 7.05 Å². The molecule has 0 radical (unpaired) electrons. The first-order chi connectivity index (χ1) is 11.7. The van der Waals surface area contributed by atoms with Gasteiger partial charge in [-0.15, -0.1) is 0 Å². The highest BCUT2D eigenvalue weighted by atomic mass is 16.1. The number of carbonyl (C=O) groups is 1. The summed E-state index contributed by atoms with van der Waals surface area (Å²) in [6, 6.07) is 1.74. The molecule has 3 aromatic heterocycles. The quantitative estimate of drug-likeness (QED) is 0.660. The predicted molar refractivity (Wildman–Crippen MR) is 90.7 cm³/mol. The van der Waals surface area contributed by atoms with Crippen LogP contribution in [0.2, 0.25) is 0 Å². The van der Waals surface area contributed by atoms with Gasteiger partial charge >= 0.3 is 0 Å². The smallest absolute Gasteiger partial charge is 0.251 e. The zero-order valence-electron chi connectivity index (χ0n) is 13.7. The number of aromatic nitrogens is 5. The van der Waals surface area contributed by atoms with Crippen molar-refractivity contribution >= 4 is 22.8 Å². The van der Waals surface area contributed by atoms with Crippen molar-refractivity contribution in [3.05, 3.63) is 42.1 Å². The van der Waals surface area contributed by atoms with E-state index in [4.69, 9.17) is 0 Å². The molecule has 8 nitrogen and oxygen atoms in total. The van der Waals surface area contributed by atoms with Crippen LogP contribution in [0, 0.1) is 0 Å². The fraction of sp³-hybridized carbons (Fsp3) is 0.312. The highest BCUT2D eigenvalue weighted by Crippen LogP contribution is 2.17. The maximum absolute atomic E-state index is 12.2. The lowest BCUT2D eigenvalue weighted by atomic mass is 10.1. The van der Waals surface area contributed by atoms with Gasteiger partial charge in [0.1, 0.15) is 12.1 Å². The molecule has 3 rings (SSSR count). The van der Waals surface area contributed by atoms with Crippen LogP contribution < -0.4 is 10.6 Å². The van der Waals surface area contributed by atoms with E-state index in [-0.39, 0.29) is 5.91 Å². The molecule has 0 atom stereocenters. The Bertz CT molecular complexity index is 859. The maximum Gasteiger partial charge on any atom is 0.251 e. The molecule has 0 saturated heterocycles. The number of rotatable bonds is 6. The van der Waals surface area contributed by atoms with E-state index in [1.807, 2.05) is 14.0 Å². The van der Waals surface area contributed by atoms with Crippen molar-refractivity contribution in [1.29, 1.82) is 0 Å². The zero-order valence-corrected chi connectivity index (χ0v) is 13.7. The summed E-state index contributed by atoms with van der Waals surface area (Å²) in [6.45, 7) is 3.04. The van der Waals surface area contributed by atoms with E-state index in [0.29, 0.717) is 24.5 Å². The third-order valence-corrected chi connectivity index (χ3v) is 3.76. The molecular formula is C16H19N7O. The van der Waals surface area contributed by atoms with E-state index >= 15 is 0 Å². The van der Waals surface area contributed by atoms with Gasteiger partial charge in [0.25, 0.3) is 5.91 Å². The number of nitrogens with zero attached hydrogens (tertiary/aromatic N) is 5. The minimum absolute atomic E-state index is 0.0923. The minimum atomic E-state index is -0.0923. The molecule has 0 aliphatic heterocycles. The highest BCUT2D eigenvalue weighted by Gasteiger charge is 2.10. The Morgan fingerprint density at radius 3 is 2.96 bits per heavy atom. The second-order valence-electron chi connectivity index (χ2n) is 5.30. The number of fused-ring (bicyclic) bond motifs is 1. The Balaban J connectivity index is 1.58. The molecule has 3 heterocycles. The topological polar surface area (TPSA) is 97.6 Å². The molecule has 0 spiro atoms. The van der Waals surface area contributed by atoms with Crippen LogP contribution in [0.15, 0.2) is 31.0 Å². The molecule has 0 aromatic carbocycles. The zero-order chi connectivity index (χ0) is 16.9. The Kier molecular flexibility index (Phi) is 4.64. The summed E-state index contributed by atoms with van der Waals surface area (Å²) in [5.74, 6) is 0.616. The van der Waals surface area contributed by atoms with E-state index < -0.39 is 0 Å². The lowest BCUT2D eigenvalue weighted by Gasteiger charge is -2.10. The fourth-order valence-corrected chi connectivity index (χ4v) is 2.49. The van der Waals surface area contributed by atoms with Crippen molar-refractivity contribution in [2.45, 2.75) is 13.3 Å². The lowest BCUT2D eigenvalue weighted by molar-refractivity contribution is 0.0954. The molecule has 124 valence electrons. The van der Waals surface area contributed by atoms with Crippen LogP contribution >= 0.6 is 0 Å². The predicted octanol–water partition coefficient (Wildman–Crippen LogP) is 1.16. The average molecular weight is 325 g/mol. The highest BCUT2D eigenvalue weighted by molar-refractivity contribution is 5.95. The van der Waals surface area contributed by atoms with Gasteiger partial charge in [0, 0.05) is 38.1 Å². The van der Waals surface area contributed by atoms with Crippen LogP contribution in [-0.2, 0) is 13.5 Å². The van der Waals surface area contributed by atoms with E-state index in [0.717, 1.165) is 23.0 Å². The number of carbonyl (C=O) groups excluding carboxylic acids is 1. The van der Waals surface area contributed by atoms with E-state index in [1.54, 1.807) is 29.3 Å². The molecule has 8 heteroatoms. The largest absolute Gasteiger partial charge is 0.368 e. The summed E-state index contributed by atoms with van der Waals surface area (Å²) < 4.78 is 1.69. The molecule has 0 unspecified atom stereocenters. The molecule has 24 heavy (non-hydrogen) atoms. The molecule has 0 aliphatic carbocycles. The number of hydrogen-bond donors (Lipinski definition) is 2. The fourth-order valence-electron chi connectivity index (χ4n) is 2.49. The number of hydrogen-bond acceptors (Lipinski definition) is 6. The number of nitrogens with one attached hydrogen (secondary N) is 2. The monoisotopic (exact) mass is 325 g/mol. The minimum Gasteiger partial charge on any atom is -0.368 e. The molecule has 0 bridgehead atoms. The van der Waals surface area contributed by atoms with Crippen LogP contribution in [-0.4, -0.2) is 43.7 Å². The van der Waals surface area contributed by atoms with Crippen LogP contribution in [0.1, 0.15) is 22.8 Å². The molecule has 0 fully saturated rings. The van der Waals surface area contributed by atoms with Gasteiger partial charge in [-0.1, -0.05) is 6.92 Å². The van der Waals surface area contributed by atoms with Gasteiger partial charge in [-0.05, 0) is 18.1 Å². The summed E-state index contributed by atoms with van der Waals surface area (Å²) in [6.07, 6.45) is 7.35. The van der Waals surface area contributed by atoms with Crippen molar-refractivity contribution < 1.29 is 4.79 Å². The van der Waals surface area contributed by atoms with Crippen LogP contribution in [0.25, 0.3) is 11.0 Å². The number of pyridine rings is 1. The second-order valence-corrected chi connectivity index (χ2v) is 5.30. The number of aryl methyl sites for hydroxylation is 2. The summed E-state index contributed by atoms with van der Waals surface area (Å²) in [7, 11) is 1.83.